The lowest BCUT2D eigenvalue weighted by atomic mass is 9.86. The van der Waals surface area contributed by atoms with Gasteiger partial charge in [-0.05, 0) is 43.7 Å². The average molecular weight is 422 g/mol. The van der Waals surface area contributed by atoms with Gasteiger partial charge in [0, 0.05) is 18.0 Å². The maximum absolute atomic E-state index is 13.0. The summed E-state index contributed by atoms with van der Waals surface area (Å²) in [7, 11) is 0. The van der Waals surface area contributed by atoms with Crippen LogP contribution in [0.25, 0.3) is 0 Å². The van der Waals surface area contributed by atoms with Crippen LogP contribution in [0, 0.1) is 18.3 Å². The number of ether oxygens (including phenoxy) is 1. The second-order valence-corrected chi connectivity index (χ2v) is 8.29. The number of allylic oxidation sites excluding steroid dienone is 1. The number of anilines is 1. The lowest BCUT2D eigenvalue weighted by Crippen LogP contribution is -2.47. The van der Waals surface area contributed by atoms with Gasteiger partial charge in [0.25, 0.3) is 0 Å². The number of amides is 1. The highest BCUT2D eigenvalue weighted by molar-refractivity contribution is 8.03. The molecule has 2 aliphatic heterocycles. The molecule has 1 saturated heterocycles. The number of fused-ring (bicyclic) bond motifs is 1. The normalized spacial score (nSPS) is 18.8. The number of nitrogens with zero attached hydrogens (tertiary/aromatic N) is 3. The topological polar surface area (TPSA) is 76.8 Å². The highest BCUT2D eigenvalue weighted by Gasteiger charge is 2.38. The van der Waals surface area contributed by atoms with Gasteiger partial charge in [-0.15, -0.1) is 0 Å². The maximum Gasteiger partial charge on any atom is 0.229 e. The molecule has 0 spiro atoms. The summed E-state index contributed by atoms with van der Waals surface area (Å²) >= 11 is 1.51. The van der Waals surface area contributed by atoms with E-state index in [0.29, 0.717) is 30.5 Å². The molecular formula is C23H23N3O3S. The van der Waals surface area contributed by atoms with Gasteiger partial charge >= 0.3 is 0 Å². The fraction of sp³-hybridized carbons (Fsp3) is 0.304. The third-order valence-corrected chi connectivity index (χ3v) is 6.53. The highest BCUT2D eigenvalue weighted by atomic mass is 32.2. The SMILES string of the molecule is CCOc1cc(C2CC(=O)N3CN(c4ccc(C)cc4)CSC3=C2C#N)ccc1O. The van der Waals surface area contributed by atoms with Crippen LogP contribution in [0.4, 0.5) is 5.69 Å². The van der Waals surface area contributed by atoms with Crippen LogP contribution in [0.15, 0.2) is 53.1 Å². The first-order chi connectivity index (χ1) is 14.5. The summed E-state index contributed by atoms with van der Waals surface area (Å²) in [5.41, 5.74) is 3.64. The number of rotatable bonds is 4. The Morgan fingerprint density at radius 3 is 2.73 bits per heavy atom. The number of phenolic OH excluding ortho intramolecular Hbond substituents is 1. The van der Waals surface area contributed by atoms with Gasteiger partial charge < -0.3 is 14.7 Å². The maximum atomic E-state index is 13.0. The van der Waals surface area contributed by atoms with E-state index in [1.807, 2.05) is 13.8 Å². The molecule has 7 heteroatoms. The van der Waals surface area contributed by atoms with E-state index in [2.05, 4.69) is 35.2 Å². The van der Waals surface area contributed by atoms with Crippen molar-refractivity contribution in [2.24, 2.45) is 0 Å². The van der Waals surface area contributed by atoms with Gasteiger partial charge in [0.1, 0.15) is 0 Å². The Morgan fingerprint density at radius 2 is 2.03 bits per heavy atom. The number of aryl methyl sites for hydroxylation is 1. The van der Waals surface area contributed by atoms with Crippen molar-refractivity contribution in [2.75, 3.05) is 24.1 Å². The minimum absolute atomic E-state index is 0.00986. The Kier molecular flexibility index (Phi) is 5.60. The molecule has 6 nitrogen and oxygen atoms in total. The van der Waals surface area contributed by atoms with Crippen LogP contribution >= 0.6 is 11.8 Å². The Morgan fingerprint density at radius 1 is 1.27 bits per heavy atom. The molecule has 4 rings (SSSR count). The van der Waals surface area contributed by atoms with Gasteiger partial charge in [0.05, 0.1) is 35.8 Å². The van der Waals surface area contributed by atoms with Crippen LogP contribution in [0.3, 0.4) is 0 Å². The van der Waals surface area contributed by atoms with E-state index in [-0.39, 0.29) is 24.0 Å². The van der Waals surface area contributed by atoms with Crippen LogP contribution in [0.5, 0.6) is 11.5 Å². The fourth-order valence-corrected chi connectivity index (χ4v) is 4.95. The molecule has 0 bridgehead atoms. The van der Waals surface area contributed by atoms with E-state index in [9.17, 15) is 15.2 Å². The van der Waals surface area contributed by atoms with Gasteiger partial charge in [0.2, 0.25) is 5.91 Å². The zero-order valence-electron chi connectivity index (χ0n) is 17.0. The Bertz CT molecular complexity index is 1040. The second-order valence-electron chi connectivity index (χ2n) is 7.36. The Labute approximate surface area is 180 Å². The predicted octanol–water partition coefficient (Wildman–Crippen LogP) is 4.32. The number of hydrogen-bond donors (Lipinski definition) is 1. The van der Waals surface area contributed by atoms with Crippen molar-refractivity contribution in [3.05, 3.63) is 64.2 Å². The lowest BCUT2D eigenvalue weighted by molar-refractivity contribution is -0.129. The number of phenols is 1. The molecule has 1 atom stereocenters. The number of nitriles is 1. The van der Waals surface area contributed by atoms with Gasteiger partial charge in [-0.25, -0.2) is 0 Å². The average Bonchev–Trinajstić information content (AvgIpc) is 2.76. The third kappa shape index (κ3) is 3.71. The fourth-order valence-electron chi connectivity index (χ4n) is 3.78. The Balaban J connectivity index is 1.65. The van der Waals surface area contributed by atoms with Crippen molar-refractivity contribution < 1.29 is 14.6 Å². The molecule has 1 amide bonds. The van der Waals surface area contributed by atoms with Crippen molar-refractivity contribution in [3.63, 3.8) is 0 Å². The minimum atomic E-state index is -0.341. The summed E-state index contributed by atoms with van der Waals surface area (Å²) in [5.74, 6) is 0.737. The first kappa shape index (κ1) is 20.2. The van der Waals surface area contributed by atoms with Crippen LogP contribution < -0.4 is 9.64 Å². The molecule has 0 radical (unpaired) electrons. The van der Waals surface area contributed by atoms with Crippen LogP contribution in [-0.4, -0.2) is 35.1 Å². The second kappa shape index (κ2) is 8.33. The molecule has 2 heterocycles. The first-order valence-electron chi connectivity index (χ1n) is 9.86. The minimum Gasteiger partial charge on any atom is -0.504 e. The highest BCUT2D eigenvalue weighted by Crippen LogP contribution is 2.44. The van der Waals surface area contributed by atoms with Crippen molar-refractivity contribution in [2.45, 2.75) is 26.2 Å². The number of carbonyl (C=O) groups is 1. The molecule has 0 aliphatic carbocycles. The van der Waals surface area contributed by atoms with Gasteiger partial charge in [-0.2, -0.15) is 5.26 Å². The number of aromatic hydroxyl groups is 1. The number of carbonyl (C=O) groups excluding carboxylic acids is 1. The van der Waals surface area contributed by atoms with E-state index < -0.39 is 0 Å². The molecule has 0 aromatic heterocycles. The van der Waals surface area contributed by atoms with Crippen molar-refractivity contribution in [3.8, 4) is 17.6 Å². The van der Waals surface area contributed by atoms with Gasteiger partial charge in [-0.1, -0.05) is 35.5 Å². The van der Waals surface area contributed by atoms with Crippen LogP contribution in [0.2, 0.25) is 0 Å². The summed E-state index contributed by atoms with van der Waals surface area (Å²) < 4.78 is 5.49. The van der Waals surface area contributed by atoms with Crippen molar-refractivity contribution in [1.29, 1.82) is 5.26 Å². The molecule has 2 aliphatic rings. The van der Waals surface area contributed by atoms with E-state index >= 15 is 0 Å². The summed E-state index contributed by atoms with van der Waals surface area (Å²) in [6, 6.07) is 15.6. The predicted molar refractivity (Wildman–Crippen MR) is 117 cm³/mol. The quantitative estimate of drug-likeness (QED) is 0.792. The molecule has 1 fully saturated rings. The van der Waals surface area contributed by atoms with E-state index in [0.717, 1.165) is 16.3 Å². The third-order valence-electron chi connectivity index (χ3n) is 5.38. The molecule has 2 aromatic carbocycles. The molecule has 154 valence electrons. The van der Waals surface area contributed by atoms with Crippen LogP contribution in [-0.2, 0) is 4.79 Å². The van der Waals surface area contributed by atoms with Crippen molar-refractivity contribution in [1.82, 2.24) is 4.90 Å². The zero-order chi connectivity index (χ0) is 21.3. The van der Waals surface area contributed by atoms with Gasteiger partial charge in [-0.3, -0.25) is 9.69 Å². The molecule has 1 N–H and O–H groups in total. The number of benzene rings is 2. The first-order valence-corrected chi connectivity index (χ1v) is 10.8. The monoisotopic (exact) mass is 421 g/mol. The summed E-state index contributed by atoms with van der Waals surface area (Å²) in [4.78, 5) is 16.9. The molecular weight excluding hydrogens is 398 g/mol. The molecule has 0 saturated carbocycles. The van der Waals surface area contributed by atoms with Gasteiger partial charge in [0.15, 0.2) is 11.5 Å². The number of hydrogen-bond acceptors (Lipinski definition) is 6. The molecule has 1 unspecified atom stereocenters. The molecule has 2 aromatic rings. The lowest BCUT2D eigenvalue weighted by Gasteiger charge is -2.42. The van der Waals surface area contributed by atoms with E-state index in [4.69, 9.17) is 4.74 Å². The largest absolute Gasteiger partial charge is 0.504 e. The smallest absolute Gasteiger partial charge is 0.229 e. The zero-order valence-corrected chi connectivity index (χ0v) is 17.8. The standard InChI is InChI=1S/C23H23N3O3S/c1-3-29-21-10-16(6-9-20(21)27)18-11-22(28)26-13-25(14-30-23(26)19(18)12-24)17-7-4-15(2)5-8-17/h4-10,18,27H,3,11,13-14H2,1-2H3. The molecule has 30 heavy (non-hydrogen) atoms. The number of thioether (sulfide) groups is 1. The van der Waals surface area contributed by atoms with Crippen LogP contribution in [0.1, 0.15) is 30.4 Å². The summed E-state index contributed by atoms with van der Waals surface area (Å²) in [5, 5.41) is 20.7. The Hall–Kier alpha value is -3.11. The summed E-state index contributed by atoms with van der Waals surface area (Å²) in [6.07, 6.45) is 0.213. The van der Waals surface area contributed by atoms with E-state index in [1.54, 1.807) is 23.1 Å². The summed E-state index contributed by atoms with van der Waals surface area (Å²) in [6.45, 7) is 4.74. The van der Waals surface area contributed by atoms with Crippen molar-refractivity contribution >= 4 is 23.4 Å². The van der Waals surface area contributed by atoms with E-state index in [1.165, 1.54) is 17.3 Å².